The summed E-state index contributed by atoms with van der Waals surface area (Å²) in [5.41, 5.74) is 6.45. The van der Waals surface area contributed by atoms with E-state index in [1.165, 1.54) is 18.2 Å². The van der Waals surface area contributed by atoms with Crippen LogP contribution in [0.4, 0.5) is 10.1 Å². The maximum Gasteiger partial charge on any atom is 0.123 e. The summed E-state index contributed by atoms with van der Waals surface area (Å²) in [6, 6.07) is 4.01. The largest absolute Gasteiger partial charge is 0.398 e. The first-order chi connectivity index (χ1) is 5.65. The summed E-state index contributed by atoms with van der Waals surface area (Å²) in [7, 11) is 0. The van der Waals surface area contributed by atoms with E-state index in [0.29, 0.717) is 17.7 Å². The third-order valence-corrected chi connectivity index (χ3v) is 1.79. The van der Waals surface area contributed by atoms with Gasteiger partial charge in [-0.15, -0.1) is 0 Å². The van der Waals surface area contributed by atoms with Gasteiger partial charge in [0.2, 0.25) is 0 Å². The Morgan fingerprint density at radius 1 is 1.58 bits per heavy atom. The molecule has 0 aliphatic rings. The van der Waals surface area contributed by atoms with Crippen molar-refractivity contribution in [1.29, 1.82) is 0 Å². The van der Waals surface area contributed by atoms with Crippen molar-refractivity contribution >= 4 is 5.69 Å². The van der Waals surface area contributed by atoms with Crippen molar-refractivity contribution in [2.75, 3.05) is 5.73 Å². The van der Waals surface area contributed by atoms with Gasteiger partial charge in [0.15, 0.2) is 0 Å². The first-order valence-corrected chi connectivity index (χ1v) is 3.88. The second-order valence-corrected chi connectivity index (χ2v) is 2.70. The standard InChI is InChI=1S/C9H12FNO/c1-2-9(12)7-5-6(10)3-4-8(7)11/h3-5,9,12H,2,11H2,1H3. The van der Waals surface area contributed by atoms with Crippen molar-refractivity contribution < 1.29 is 9.50 Å². The topological polar surface area (TPSA) is 46.2 Å². The highest BCUT2D eigenvalue weighted by Gasteiger charge is 2.08. The van der Waals surface area contributed by atoms with E-state index in [-0.39, 0.29) is 5.82 Å². The molecule has 0 amide bonds. The SMILES string of the molecule is CCC(O)c1cc(F)ccc1N. The minimum absolute atomic E-state index is 0.369. The van der Waals surface area contributed by atoms with Crippen LogP contribution in [-0.2, 0) is 0 Å². The highest BCUT2D eigenvalue weighted by atomic mass is 19.1. The third kappa shape index (κ3) is 1.74. The van der Waals surface area contributed by atoms with Gasteiger partial charge in [-0.1, -0.05) is 6.92 Å². The predicted octanol–water partition coefficient (Wildman–Crippen LogP) is 1.85. The van der Waals surface area contributed by atoms with Crippen LogP contribution in [0.5, 0.6) is 0 Å². The molecule has 1 atom stereocenters. The zero-order chi connectivity index (χ0) is 9.14. The molecule has 0 radical (unpaired) electrons. The molecule has 0 saturated heterocycles. The summed E-state index contributed by atoms with van der Waals surface area (Å²) in [6.07, 6.45) is -0.131. The first-order valence-electron chi connectivity index (χ1n) is 3.88. The fraction of sp³-hybridized carbons (Fsp3) is 0.333. The molecule has 1 aromatic carbocycles. The number of halogens is 1. The molecule has 0 fully saturated rings. The molecule has 3 N–H and O–H groups in total. The molecule has 0 bridgehead atoms. The highest BCUT2D eigenvalue weighted by molar-refractivity contribution is 5.47. The minimum atomic E-state index is -0.666. The van der Waals surface area contributed by atoms with Crippen molar-refractivity contribution in [3.63, 3.8) is 0 Å². The van der Waals surface area contributed by atoms with Crippen LogP contribution in [0.1, 0.15) is 25.0 Å². The Morgan fingerprint density at radius 3 is 2.83 bits per heavy atom. The average molecular weight is 169 g/mol. The first kappa shape index (κ1) is 9.00. The molecule has 66 valence electrons. The lowest BCUT2D eigenvalue weighted by Crippen LogP contribution is -2.01. The Kier molecular flexibility index (Phi) is 2.65. The monoisotopic (exact) mass is 169 g/mol. The van der Waals surface area contributed by atoms with Gasteiger partial charge in [-0.05, 0) is 24.6 Å². The maximum atomic E-state index is 12.7. The van der Waals surface area contributed by atoms with Crippen LogP contribution in [0.3, 0.4) is 0 Å². The van der Waals surface area contributed by atoms with Crippen LogP contribution in [0.15, 0.2) is 18.2 Å². The number of aliphatic hydroxyl groups is 1. The molecule has 1 unspecified atom stereocenters. The van der Waals surface area contributed by atoms with Crippen LogP contribution in [0.2, 0.25) is 0 Å². The number of rotatable bonds is 2. The summed E-state index contributed by atoms with van der Waals surface area (Å²) in [4.78, 5) is 0. The Balaban J connectivity index is 3.04. The Bertz CT molecular complexity index is 275. The number of anilines is 1. The van der Waals surface area contributed by atoms with Crippen LogP contribution in [0.25, 0.3) is 0 Å². The van der Waals surface area contributed by atoms with Crippen molar-refractivity contribution in [2.24, 2.45) is 0 Å². The lowest BCUT2D eigenvalue weighted by molar-refractivity contribution is 0.174. The second-order valence-electron chi connectivity index (χ2n) is 2.70. The summed E-state index contributed by atoms with van der Waals surface area (Å²) >= 11 is 0. The smallest absolute Gasteiger partial charge is 0.123 e. The number of nitrogens with two attached hydrogens (primary N) is 1. The summed E-state index contributed by atoms with van der Waals surface area (Å²) in [5, 5.41) is 9.39. The highest BCUT2D eigenvalue weighted by Crippen LogP contribution is 2.23. The normalized spacial score (nSPS) is 12.9. The zero-order valence-corrected chi connectivity index (χ0v) is 6.92. The van der Waals surface area contributed by atoms with E-state index in [0.717, 1.165) is 0 Å². The molecule has 0 aromatic heterocycles. The van der Waals surface area contributed by atoms with E-state index < -0.39 is 6.10 Å². The van der Waals surface area contributed by atoms with E-state index in [4.69, 9.17) is 5.73 Å². The molecule has 12 heavy (non-hydrogen) atoms. The fourth-order valence-corrected chi connectivity index (χ4v) is 1.05. The van der Waals surface area contributed by atoms with Crippen molar-refractivity contribution in [3.8, 4) is 0 Å². The number of aliphatic hydroxyl groups excluding tert-OH is 1. The predicted molar refractivity (Wildman–Crippen MR) is 46.1 cm³/mol. The second kappa shape index (κ2) is 3.54. The Labute approximate surface area is 70.8 Å². The van der Waals surface area contributed by atoms with Crippen molar-refractivity contribution in [3.05, 3.63) is 29.6 Å². The lowest BCUT2D eigenvalue weighted by Gasteiger charge is -2.10. The molecule has 3 heteroatoms. The molecule has 1 aromatic rings. The molecule has 0 aliphatic heterocycles. The Morgan fingerprint density at radius 2 is 2.25 bits per heavy atom. The summed E-state index contributed by atoms with van der Waals surface area (Å²) < 4.78 is 12.7. The van der Waals surface area contributed by atoms with Crippen LogP contribution < -0.4 is 5.73 Å². The van der Waals surface area contributed by atoms with Gasteiger partial charge in [0.25, 0.3) is 0 Å². The van der Waals surface area contributed by atoms with Gasteiger partial charge in [0.05, 0.1) is 6.10 Å². The number of hydrogen-bond acceptors (Lipinski definition) is 2. The van der Waals surface area contributed by atoms with Gasteiger partial charge >= 0.3 is 0 Å². The molecular weight excluding hydrogens is 157 g/mol. The van der Waals surface area contributed by atoms with Crippen molar-refractivity contribution in [1.82, 2.24) is 0 Å². The van der Waals surface area contributed by atoms with E-state index in [9.17, 15) is 9.50 Å². The maximum absolute atomic E-state index is 12.7. The molecule has 0 saturated carbocycles. The number of hydrogen-bond donors (Lipinski definition) is 2. The molecule has 1 rings (SSSR count). The van der Waals surface area contributed by atoms with Crippen LogP contribution >= 0.6 is 0 Å². The summed E-state index contributed by atoms with van der Waals surface area (Å²) in [6.45, 7) is 1.81. The van der Waals surface area contributed by atoms with Gasteiger partial charge in [0.1, 0.15) is 5.82 Å². The molecule has 2 nitrogen and oxygen atoms in total. The van der Waals surface area contributed by atoms with Gasteiger partial charge in [0, 0.05) is 11.3 Å². The van der Waals surface area contributed by atoms with E-state index >= 15 is 0 Å². The Hall–Kier alpha value is -1.09. The van der Waals surface area contributed by atoms with Gasteiger partial charge in [-0.3, -0.25) is 0 Å². The third-order valence-electron chi connectivity index (χ3n) is 1.79. The fourth-order valence-electron chi connectivity index (χ4n) is 1.05. The van der Waals surface area contributed by atoms with E-state index in [1.54, 1.807) is 0 Å². The van der Waals surface area contributed by atoms with Crippen molar-refractivity contribution in [2.45, 2.75) is 19.4 Å². The van der Waals surface area contributed by atoms with Crippen LogP contribution in [-0.4, -0.2) is 5.11 Å². The average Bonchev–Trinajstić information content (AvgIpc) is 2.08. The zero-order valence-electron chi connectivity index (χ0n) is 6.92. The molecule has 0 aliphatic carbocycles. The molecule has 0 spiro atoms. The van der Waals surface area contributed by atoms with Crippen LogP contribution in [0, 0.1) is 5.82 Å². The van der Waals surface area contributed by atoms with E-state index in [2.05, 4.69) is 0 Å². The number of benzene rings is 1. The van der Waals surface area contributed by atoms with E-state index in [1.807, 2.05) is 6.92 Å². The minimum Gasteiger partial charge on any atom is -0.398 e. The van der Waals surface area contributed by atoms with Gasteiger partial charge in [-0.2, -0.15) is 0 Å². The quantitative estimate of drug-likeness (QED) is 0.664. The number of nitrogen functional groups attached to an aromatic ring is 1. The molecule has 0 heterocycles. The van der Waals surface area contributed by atoms with Gasteiger partial charge in [-0.25, -0.2) is 4.39 Å². The summed E-state index contributed by atoms with van der Waals surface area (Å²) in [5.74, 6) is -0.369. The molecular formula is C9H12FNO. The van der Waals surface area contributed by atoms with Gasteiger partial charge < -0.3 is 10.8 Å². The lowest BCUT2D eigenvalue weighted by atomic mass is 10.1.